The Kier molecular flexibility index (Phi) is 5.45. The summed E-state index contributed by atoms with van der Waals surface area (Å²) >= 11 is 0. The van der Waals surface area contributed by atoms with Crippen LogP contribution in [0.3, 0.4) is 0 Å². The third kappa shape index (κ3) is 4.11. The lowest BCUT2D eigenvalue weighted by molar-refractivity contribution is 0.529. The van der Waals surface area contributed by atoms with Crippen molar-refractivity contribution in [2.45, 2.75) is 40.3 Å². The second-order valence-electron chi connectivity index (χ2n) is 5.65. The molecule has 0 bridgehead atoms. The molecule has 0 saturated carbocycles. The number of nitrogens with zero attached hydrogens (tertiary/aromatic N) is 1. The Bertz CT molecular complexity index is 574. The average molecular weight is 286 g/mol. The Balaban J connectivity index is 2.03. The van der Waals surface area contributed by atoms with Gasteiger partial charge in [-0.25, -0.2) is 0 Å². The molecule has 0 spiro atoms. The van der Waals surface area contributed by atoms with Gasteiger partial charge in [0.25, 0.3) is 0 Å². The van der Waals surface area contributed by atoms with E-state index >= 15 is 0 Å². The summed E-state index contributed by atoms with van der Waals surface area (Å²) in [5.74, 6) is 0.999. The second-order valence-corrected chi connectivity index (χ2v) is 5.65. The lowest BCUT2D eigenvalue weighted by Gasteiger charge is -2.20. The summed E-state index contributed by atoms with van der Waals surface area (Å²) in [5, 5.41) is 3.46. The number of anilines is 1. The van der Waals surface area contributed by atoms with Gasteiger partial charge in [0.15, 0.2) is 0 Å². The highest BCUT2D eigenvalue weighted by Crippen LogP contribution is 2.21. The predicted octanol–water partition coefficient (Wildman–Crippen LogP) is 4.03. The maximum absolute atomic E-state index is 5.36. The normalized spacial score (nSPS) is 10.9. The van der Waals surface area contributed by atoms with Crippen LogP contribution in [0.25, 0.3) is 0 Å². The van der Waals surface area contributed by atoms with Gasteiger partial charge in [-0.05, 0) is 56.1 Å². The Morgan fingerprint density at radius 2 is 1.95 bits per heavy atom. The van der Waals surface area contributed by atoms with Crippen LogP contribution in [-0.4, -0.2) is 13.6 Å². The van der Waals surface area contributed by atoms with Gasteiger partial charge in [-0.3, -0.25) is 0 Å². The van der Waals surface area contributed by atoms with Gasteiger partial charge in [0, 0.05) is 31.4 Å². The molecule has 1 heterocycles. The zero-order valence-corrected chi connectivity index (χ0v) is 13.6. The van der Waals surface area contributed by atoms with Gasteiger partial charge >= 0.3 is 0 Å². The van der Waals surface area contributed by atoms with E-state index in [1.807, 2.05) is 13.0 Å². The van der Waals surface area contributed by atoms with Crippen LogP contribution in [0.1, 0.15) is 35.8 Å². The number of rotatable bonds is 7. The average Bonchev–Trinajstić information content (AvgIpc) is 2.86. The molecule has 1 aromatic carbocycles. The van der Waals surface area contributed by atoms with Crippen molar-refractivity contribution in [1.82, 2.24) is 5.32 Å². The standard InChI is InChI=1S/C18H26N2O/c1-5-9-19-12-16-6-7-18(11-14(16)2)20(4)13-17-8-10-21-15(17)3/h6-8,10-11,19H,5,9,12-13H2,1-4H3. The first-order valence-corrected chi connectivity index (χ1v) is 7.66. The zero-order chi connectivity index (χ0) is 15.2. The first-order chi connectivity index (χ1) is 10.1. The van der Waals surface area contributed by atoms with E-state index in [-0.39, 0.29) is 0 Å². The topological polar surface area (TPSA) is 28.4 Å². The van der Waals surface area contributed by atoms with Crippen LogP contribution < -0.4 is 10.2 Å². The van der Waals surface area contributed by atoms with Crippen LogP contribution in [0.15, 0.2) is 34.9 Å². The highest BCUT2D eigenvalue weighted by Gasteiger charge is 2.08. The molecule has 21 heavy (non-hydrogen) atoms. The minimum Gasteiger partial charge on any atom is -0.469 e. The molecule has 1 N–H and O–H groups in total. The van der Waals surface area contributed by atoms with Crippen molar-refractivity contribution < 1.29 is 4.42 Å². The first kappa shape index (κ1) is 15.6. The fraction of sp³-hybridized carbons (Fsp3) is 0.444. The number of nitrogens with one attached hydrogen (secondary N) is 1. The van der Waals surface area contributed by atoms with Gasteiger partial charge in [0.1, 0.15) is 5.76 Å². The van der Waals surface area contributed by atoms with Gasteiger partial charge in [-0.2, -0.15) is 0 Å². The molecule has 0 aliphatic rings. The van der Waals surface area contributed by atoms with Crippen LogP contribution in [0, 0.1) is 13.8 Å². The predicted molar refractivity (Wildman–Crippen MR) is 88.7 cm³/mol. The van der Waals surface area contributed by atoms with Crippen LogP contribution >= 0.6 is 0 Å². The van der Waals surface area contributed by atoms with Crippen molar-refractivity contribution in [3.63, 3.8) is 0 Å². The van der Waals surface area contributed by atoms with Crippen molar-refractivity contribution in [1.29, 1.82) is 0 Å². The molecular formula is C18H26N2O. The third-order valence-corrected chi connectivity index (χ3v) is 3.88. The lowest BCUT2D eigenvalue weighted by atomic mass is 10.1. The van der Waals surface area contributed by atoms with Crippen molar-refractivity contribution in [3.05, 3.63) is 53.0 Å². The summed E-state index contributed by atoms with van der Waals surface area (Å²) < 4.78 is 5.36. The fourth-order valence-electron chi connectivity index (χ4n) is 2.44. The largest absolute Gasteiger partial charge is 0.469 e. The van der Waals surface area contributed by atoms with Crippen LogP contribution in [0.2, 0.25) is 0 Å². The molecule has 0 unspecified atom stereocenters. The molecule has 2 rings (SSSR count). The number of aryl methyl sites for hydroxylation is 2. The van der Waals surface area contributed by atoms with Gasteiger partial charge in [-0.1, -0.05) is 13.0 Å². The van der Waals surface area contributed by atoms with E-state index in [0.29, 0.717) is 0 Å². The van der Waals surface area contributed by atoms with Crippen molar-refractivity contribution >= 4 is 5.69 Å². The number of hydrogen-bond donors (Lipinski definition) is 1. The van der Waals surface area contributed by atoms with Gasteiger partial charge in [0.2, 0.25) is 0 Å². The Morgan fingerprint density at radius 3 is 2.57 bits per heavy atom. The fourth-order valence-corrected chi connectivity index (χ4v) is 2.44. The number of hydrogen-bond acceptors (Lipinski definition) is 3. The second kappa shape index (κ2) is 7.32. The molecule has 0 fully saturated rings. The quantitative estimate of drug-likeness (QED) is 0.779. The molecule has 3 nitrogen and oxygen atoms in total. The molecule has 0 saturated heterocycles. The molecule has 1 aromatic heterocycles. The summed E-state index contributed by atoms with van der Waals surface area (Å²) in [6, 6.07) is 8.73. The van der Waals surface area contributed by atoms with Crippen molar-refractivity contribution in [2.75, 3.05) is 18.5 Å². The molecular weight excluding hydrogens is 260 g/mol. The molecule has 3 heteroatoms. The Labute approximate surface area is 128 Å². The molecule has 0 atom stereocenters. The highest BCUT2D eigenvalue weighted by molar-refractivity contribution is 5.50. The zero-order valence-electron chi connectivity index (χ0n) is 13.6. The van der Waals surface area contributed by atoms with Crippen molar-refractivity contribution in [3.8, 4) is 0 Å². The van der Waals surface area contributed by atoms with E-state index in [0.717, 1.165) is 25.4 Å². The van der Waals surface area contributed by atoms with E-state index in [2.05, 4.69) is 49.3 Å². The molecule has 2 aromatic rings. The number of benzene rings is 1. The molecule has 114 valence electrons. The SMILES string of the molecule is CCCNCc1ccc(N(C)Cc2ccoc2C)cc1C. The molecule has 0 amide bonds. The van der Waals surface area contributed by atoms with Gasteiger partial charge in [0.05, 0.1) is 6.26 Å². The summed E-state index contributed by atoms with van der Waals surface area (Å²) in [4.78, 5) is 2.26. The minimum atomic E-state index is 0.870. The minimum absolute atomic E-state index is 0.870. The maximum Gasteiger partial charge on any atom is 0.105 e. The van der Waals surface area contributed by atoms with E-state index < -0.39 is 0 Å². The summed E-state index contributed by atoms with van der Waals surface area (Å²) in [7, 11) is 2.12. The smallest absolute Gasteiger partial charge is 0.105 e. The van der Waals surface area contributed by atoms with E-state index in [9.17, 15) is 0 Å². The Hall–Kier alpha value is -1.74. The van der Waals surface area contributed by atoms with Gasteiger partial charge < -0.3 is 14.6 Å². The summed E-state index contributed by atoms with van der Waals surface area (Å²) in [5.41, 5.74) is 5.20. The summed E-state index contributed by atoms with van der Waals surface area (Å²) in [6.07, 6.45) is 2.93. The maximum atomic E-state index is 5.36. The van der Waals surface area contributed by atoms with E-state index in [1.54, 1.807) is 6.26 Å². The van der Waals surface area contributed by atoms with E-state index in [4.69, 9.17) is 4.42 Å². The molecule has 0 aliphatic heterocycles. The van der Waals surface area contributed by atoms with Crippen LogP contribution in [0.5, 0.6) is 0 Å². The van der Waals surface area contributed by atoms with Crippen molar-refractivity contribution in [2.24, 2.45) is 0 Å². The third-order valence-electron chi connectivity index (χ3n) is 3.88. The van der Waals surface area contributed by atoms with Crippen LogP contribution in [0.4, 0.5) is 5.69 Å². The Morgan fingerprint density at radius 1 is 1.14 bits per heavy atom. The molecule has 0 aliphatic carbocycles. The van der Waals surface area contributed by atoms with Crippen LogP contribution in [-0.2, 0) is 13.1 Å². The summed E-state index contributed by atoms with van der Waals surface area (Å²) in [6.45, 7) is 9.27. The molecule has 0 radical (unpaired) electrons. The number of furan rings is 1. The monoisotopic (exact) mass is 286 g/mol. The lowest BCUT2D eigenvalue weighted by Crippen LogP contribution is -2.18. The highest BCUT2D eigenvalue weighted by atomic mass is 16.3. The van der Waals surface area contributed by atoms with E-state index in [1.165, 1.54) is 28.8 Å². The van der Waals surface area contributed by atoms with Gasteiger partial charge in [-0.15, -0.1) is 0 Å². The first-order valence-electron chi connectivity index (χ1n) is 7.66.